The fraction of sp³-hybridized carbons (Fsp3) is 0.333. The average Bonchev–Trinajstić information content (AvgIpc) is 2.37. The van der Waals surface area contributed by atoms with Gasteiger partial charge in [-0.05, 0) is 30.8 Å². The van der Waals surface area contributed by atoms with Crippen molar-refractivity contribution in [2.45, 2.75) is 40.0 Å². The molecular weight excluding hydrogens is 308 g/mol. The van der Waals surface area contributed by atoms with Gasteiger partial charge in [-0.25, -0.2) is 0 Å². The molecule has 2 rings (SSSR count). The van der Waals surface area contributed by atoms with Crippen LogP contribution in [-0.2, 0) is 0 Å². The number of benzene rings is 2. The Labute approximate surface area is 135 Å². The topological polar surface area (TPSA) is 0 Å². The summed E-state index contributed by atoms with van der Waals surface area (Å²) in [6.07, 6.45) is 0. The summed E-state index contributed by atoms with van der Waals surface area (Å²) in [5, 5.41) is 4.15. The number of hydrogen-bond acceptors (Lipinski definition) is 0. The molecule has 0 spiro atoms. The molecule has 0 fully saturated rings. The Morgan fingerprint density at radius 2 is 1.29 bits per heavy atom. The maximum atomic E-state index is 7.11. The molecule has 0 aromatic heterocycles. The van der Waals surface area contributed by atoms with Gasteiger partial charge in [-0.1, -0.05) is 78.4 Å². The van der Waals surface area contributed by atoms with Gasteiger partial charge in [0, 0.05) is 0 Å². The zero-order valence-electron chi connectivity index (χ0n) is 13.9. The minimum absolute atomic E-state index is 1.28. The second-order valence-electron chi connectivity index (χ2n) is 7.21. The molecule has 2 aromatic carbocycles. The smallest absolute Gasteiger partial charge is 0.155 e. The Balaban J connectivity index is 2.57. The van der Waals surface area contributed by atoms with Crippen molar-refractivity contribution in [3.8, 4) is 0 Å². The van der Waals surface area contributed by atoms with Gasteiger partial charge in [0.2, 0.25) is 7.38 Å². The highest BCUT2D eigenvalue weighted by Gasteiger charge is 2.31. The van der Waals surface area contributed by atoms with Crippen molar-refractivity contribution in [2.75, 3.05) is 0 Å². The lowest BCUT2D eigenvalue weighted by atomic mass is 10.2. The maximum absolute atomic E-state index is 7.11. The summed E-state index contributed by atoms with van der Waals surface area (Å²) in [6, 6.07) is 15.7. The summed E-state index contributed by atoms with van der Waals surface area (Å²) in [6.45, 7) is 13.7. The molecule has 0 N–H and O–H groups in total. The van der Waals surface area contributed by atoms with Crippen LogP contribution in [0.2, 0.25) is 26.2 Å². The van der Waals surface area contributed by atoms with Crippen molar-refractivity contribution < 1.29 is 0 Å². The summed E-state index contributed by atoms with van der Waals surface area (Å²) < 4.78 is 0. The first kappa shape index (κ1) is 16.5. The fourth-order valence-electron chi connectivity index (χ4n) is 2.59. The predicted molar refractivity (Wildman–Crippen MR) is 102 cm³/mol. The van der Waals surface area contributed by atoms with E-state index in [2.05, 4.69) is 82.5 Å². The highest BCUT2D eigenvalue weighted by atomic mass is 35.6. The second-order valence-corrected chi connectivity index (χ2v) is 17.7. The number of hydrogen-bond donors (Lipinski definition) is 0. The van der Waals surface area contributed by atoms with E-state index >= 15 is 0 Å². The molecule has 0 nitrogen and oxygen atoms in total. The van der Waals surface area contributed by atoms with E-state index in [-0.39, 0.29) is 0 Å². The molecule has 0 saturated carbocycles. The first-order valence-corrected chi connectivity index (χ1v) is 14.5. The molecule has 0 aliphatic carbocycles. The molecule has 0 aliphatic rings. The zero-order chi connectivity index (χ0) is 15.8. The largest absolute Gasteiger partial charge is 0.214 e. The van der Waals surface area contributed by atoms with E-state index in [9.17, 15) is 0 Å². The first-order valence-electron chi connectivity index (χ1n) is 7.49. The van der Waals surface area contributed by atoms with Gasteiger partial charge in [0.1, 0.15) is 0 Å². The van der Waals surface area contributed by atoms with Gasteiger partial charge >= 0.3 is 0 Å². The summed E-state index contributed by atoms with van der Waals surface area (Å²) >= 11 is 7.11. The normalized spacial score (nSPS) is 14.8. The summed E-state index contributed by atoms with van der Waals surface area (Å²) in [5.74, 6) is 0. The van der Waals surface area contributed by atoms with Crippen LogP contribution in [0.25, 0.3) is 0 Å². The monoisotopic (exact) mass is 332 g/mol. The molecule has 3 heteroatoms. The van der Waals surface area contributed by atoms with E-state index in [4.69, 9.17) is 11.1 Å². The Morgan fingerprint density at radius 1 is 0.714 bits per heavy atom. The summed E-state index contributed by atoms with van der Waals surface area (Å²) in [5.41, 5.74) is 2.61. The van der Waals surface area contributed by atoms with Crippen LogP contribution in [0.1, 0.15) is 11.1 Å². The second kappa shape index (κ2) is 5.75. The van der Waals surface area contributed by atoms with Crippen LogP contribution in [0.15, 0.2) is 42.5 Å². The van der Waals surface area contributed by atoms with Crippen molar-refractivity contribution >= 4 is 42.1 Å². The number of aryl methyl sites for hydroxylation is 2. The van der Waals surface area contributed by atoms with E-state index < -0.39 is 15.5 Å². The highest BCUT2D eigenvalue weighted by molar-refractivity contribution is 7.33. The van der Waals surface area contributed by atoms with Crippen LogP contribution in [-0.4, -0.2) is 15.5 Å². The van der Waals surface area contributed by atoms with Gasteiger partial charge in [0.25, 0.3) is 0 Å². The SMILES string of the molecule is Cc1cccc([Si](C)(Cl)c2cc(C)cc([Si](C)(C)C)c2)c1. The van der Waals surface area contributed by atoms with Crippen molar-refractivity contribution in [2.24, 2.45) is 0 Å². The van der Waals surface area contributed by atoms with Gasteiger partial charge < -0.3 is 0 Å². The molecule has 112 valence electrons. The number of halogens is 1. The van der Waals surface area contributed by atoms with E-state index in [0.717, 1.165) is 0 Å². The third-order valence-electron chi connectivity index (χ3n) is 4.05. The predicted octanol–water partition coefficient (Wildman–Crippen LogP) is 3.78. The Morgan fingerprint density at radius 3 is 1.86 bits per heavy atom. The Bertz CT molecular complexity index is 655. The summed E-state index contributed by atoms with van der Waals surface area (Å²) in [7, 11) is -3.46. The third-order valence-corrected chi connectivity index (χ3v) is 10.1. The molecule has 0 radical (unpaired) electrons. The Kier molecular flexibility index (Phi) is 4.53. The summed E-state index contributed by atoms with van der Waals surface area (Å²) in [4.78, 5) is 0. The zero-order valence-corrected chi connectivity index (χ0v) is 16.7. The molecule has 0 saturated heterocycles. The molecule has 0 amide bonds. The number of rotatable bonds is 3. The Hall–Kier alpha value is -0.836. The van der Waals surface area contributed by atoms with Crippen molar-refractivity contribution in [3.63, 3.8) is 0 Å². The van der Waals surface area contributed by atoms with Gasteiger partial charge in [-0.3, -0.25) is 0 Å². The van der Waals surface area contributed by atoms with Crippen LogP contribution in [0, 0.1) is 13.8 Å². The molecule has 2 aromatic rings. The van der Waals surface area contributed by atoms with Gasteiger partial charge in [-0.15, -0.1) is 0 Å². The van der Waals surface area contributed by atoms with Gasteiger partial charge in [-0.2, -0.15) is 11.1 Å². The highest BCUT2D eigenvalue weighted by Crippen LogP contribution is 2.13. The third kappa shape index (κ3) is 3.68. The van der Waals surface area contributed by atoms with Crippen LogP contribution < -0.4 is 15.6 Å². The van der Waals surface area contributed by atoms with E-state index in [1.807, 2.05) is 0 Å². The van der Waals surface area contributed by atoms with Gasteiger partial charge in [0.15, 0.2) is 0 Å². The maximum Gasteiger partial charge on any atom is 0.214 e. The van der Waals surface area contributed by atoms with E-state index in [1.165, 1.54) is 26.7 Å². The van der Waals surface area contributed by atoms with Crippen LogP contribution in [0.3, 0.4) is 0 Å². The lowest BCUT2D eigenvalue weighted by molar-refractivity contribution is 1.48. The molecule has 0 aliphatic heterocycles. The molecule has 21 heavy (non-hydrogen) atoms. The standard InChI is InChI=1S/C18H25ClSi2/c1-14-8-7-9-16(10-14)21(6,19)18-12-15(2)11-17(13-18)20(3,4)5/h7-13H,1-6H3. The van der Waals surface area contributed by atoms with E-state index in [0.29, 0.717) is 0 Å². The van der Waals surface area contributed by atoms with Crippen LogP contribution >= 0.6 is 11.1 Å². The van der Waals surface area contributed by atoms with Crippen molar-refractivity contribution in [1.29, 1.82) is 0 Å². The van der Waals surface area contributed by atoms with E-state index in [1.54, 1.807) is 0 Å². The minimum atomic E-state index is -2.13. The van der Waals surface area contributed by atoms with Crippen LogP contribution in [0.5, 0.6) is 0 Å². The van der Waals surface area contributed by atoms with Crippen molar-refractivity contribution in [3.05, 3.63) is 53.6 Å². The minimum Gasteiger partial charge on any atom is -0.155 e. The first-order chi connectivity index (χ1) is 9.60. The molecule has 0 bridgehead atoms. The van der Waals surface area contributed by atoms with Crippen molar-refractivity contribution in [1.82, 2.24) is 0 Å². The lowest BCUT2D eigenvalue weighted by Gasteiger charge is -2.25. The quantitative estimate of drug-likeness (QED) is 0.592. The average molecular weight is 333 g/mol. The lowest BCUT2D eigenvalue weighted by Crippen LogP contribution is -2.53. The molecule has 1 unspecified atom stereocenters. The fourth-order valence-corrected chi connectivity index (χ4v) is 6.83. The molecular formula is C18H25ClSi2. The molecule has 1 atom stereocenters. The van der Waals surface area contributed by atoms with Crippen LogP contribution in [0.4, 0.5) is 0 Å². The van der Waals surface area contributed by atoms with Gasteiger partial charge in [0.05, 0.1) is 8.07 Å². The molecule has 0 heterocycles.